The molecule has 0 aromatic carbocycles. The van der Waals surface area contributed by atoms with E-state index in [4.69, 9.17) is 4.74 Å². The van der Waals surface area contributed by atoms with Crippen LogP contribution in [0.1, 0.15) is 24.3 Å². The highest BCUT2D eigenvalue weighted by Crippen LogP contribution is 2.16. The van der Waals surface area contributed by atoms with E-state index in [2.05, 4.69) is 14.7 Å². The van der Waals surface area contributed by atoms with Crippen LogP contribution >= 0.6 is 0 Å². The Morgan fingerprint density at radius 2 is 2.00 bits per heavy atom. The maximum absolute atomic E-state index is 11.9. The molecule has 0 radical (unpaired) electrons. The molecule has 0 atom stereocenters. The molecule has 1 heterocycles. The van der Waals surface area contributed by atoms with Crippen molar-refractivity contribution in [1.29, 1.82) is 0 Å². The third-order valence-electron chi connectivity index (χ3n) is 1.77. The molecule has 19 heavy (non-hydrogen) atoms. The van der Waals surface area contributed by atoms with Gasteiger partial charge in [-0.2, -0.15) is 13.2 Å². The third-order valence-corrected chi connectivity index (χ3v) is 1.77. The van der Waals surface area contributed by atoms with Gasteiger partial charge in [0.2, 0.25) is 5.88 Å². The first-order valence-electron chi connectivity index (χ1n) is 5.46. The zero-order chi connectivity index (χ0) is 14.5. The molecule has 0 bridgehead atoms. The van der Waals surface area contributed by atoms with E-state index in [-0.39, 0.29) is 24.1 Å². The van der Waals surface area contributed by atoms with Crippen LogP contribution in [0.5, 0.6) is 5.88 Å². The van der Waals surface area contributed by atoms with Crippen LogP contribution in [0.4, 0.5) is 13.2 Å². The molecular formula is C11H13F3N2O3. The Morgan fingerprint density at radius 1 is 1.32 bits per heavy atom. The smallest absolute Gasteiger partial charge is 0.422 e. The Balaban J connectivity index is 2.54. The molecule has 1 rings (SSSR count). The summed E-state index contributed by atoms with van der Waals surface area (Å²) in [6, 6.07) is 0. The van der Waals surface area contributed by atoms with Crippen LogP contribution in [0.3, 0.4) is 0 Å². The van der Waals surface area contributed by atoms with Crippen molar-refractivity contribution in [2.75, 3.05) is 13.2 Å². The molecule has 0 saturated heterocycles. The summed E-state index contributed by atoms with van der Waals surface area (Å²) in [5.74, 6) is -0.812. The van der Waals surface area contributed by atoms with E-state index in [0.29, 0.717) is 0 Å². The van der Waals surface area contributed by atoms with Gasteiger partial charge in [-0.1, -0.05) is 13.8 Å². The van der Waals surface area contributed by atoms with Crippen molar-refractivity contribution in [2.24, 2.45) is 5.92 Å². The molecular weight excluding hydrogens is 265 g/mol. The molecule has 5 nitrogen and oxygen atoms in total. The fourth-order valence-corrected chi connectivity index (χ4v) is 0.968. The molecule has 8 heteroatoms. The Bertz CT molecular complexity index is 418. The molecule has 1 aromatic heterocycles. The first-order chi connectivity index (χ1) is 8.78. The van der Waals surface area contributed by atoms with Crippen molar-refractivity contribution in [3.05, 3.63) is 18.1 Å². The number of esters is 1. The van der Waals surface area contributed by atoms with Gasteiger partial charge < -0.3 is 9.47 Å². The van der Waals surface area contributed by atoms with Crippen molar-refractivity contribution in [3.63, 3.8) is 0 Å². The number of alkyl halides is 3. The third kappa shape index (κ3) is 6.03. The van der Waals surface area contributed by atoms with Crippen LogP contribution < -0.4 is 4.74 Å². The van der Waals surface area contributed by atoms with Gasteiger partial charge in [0.15, 0.2) is 12.3 Å². The van der Waals surface area contributed by atoms with Crippen LogP contribution in [0.15, 0.2) is 12.4 Å². The molecule has 0 spiro atoms. The monoisotopic (exact) mass is 278 g/mol. The molecule has 0 amide bonds. The van der Waals surface area contributed by atoms with E-state index in [1.54, 1.807) is 0 Å². The number of rotatable bonds is 5. The summed E-state index contributed by atoms with van der Waals surface area (Å²) in [6.45, 7) is 2.51. The first-order valence-corrected chi connectivity index (χ1v) is 5.46. The molecule has 0 unspecified atom stereocenters. The summed E-state index contributed by atoms with van der Waals surface area (Å²) in [7, 11) is 0. The lowest BCUT2D eigenvalue weighted by Crippen LogP contribution is -2.20. The molecule has 1 aromatic rings. The summed E-state index contributed by atoms with van der Waals surface area (Å²) in [6.07, 6.45) is -2.50. The summed E-state index contributed by atoms with van der Waals surface area (Å²) >= 11 is 0. The predicted octanol–water partition coefficient (Wildman–Crippen LogP) is 2.23. The van der Waals surface area contributed by atoms with E-state index in [1.165, 1.54) is 0 Å². The minimum absolute atomic E-state index is 0.0833. The van der Waals surface area contributed by atoms with Gasteiger partial charge in [0.1, 0.15) is 0 Å². The standard InChI is InChI=1S/C11H13F3N2O3/c1-7(2)5-18-10(17)8-3-16-9(4-15-8)19-6-11(12,13)14/h3-4,7H,5-6H2,1-2H3. The van der Waals surface area contributed by atoms with Crippen LogP contribution in [0, 0.1) is 5.92 Å². The van der Waals surface area contributed by atoms with Crippen molar-refractivity contribution in [3.8, 4) is 5.88 Å². The van der Waals surface area contributed by atoms with Crippen LogP contribution in [0.25, 0.3) is 0 Å². The normalized spacial score (nSPS) is 11.5. The zero-order valence-corrected chi connectivity index (χ0v) is 10.4. The number of hydrogen-bond acceptors (Lipinski definition) is 5. The fourth-order valence-electron chi connectivity index (χ4n) is 0.968. The first kappa shape index (κ1) is 15.2. The summed E-state index contributed by atoms with van der Waals surface area (Å²) in [4.78, 5) is 18.6. The highest BCUT2D eigenvalue weighted by atomic mass is 19.4. The zero-order valence-electron chi connectivity index (χ0n) is 10.4. The molecule has 0 saturated carbocycles. The van der Waals surface area contributed by atoms with Gasteiger partial charge in [-0.15, -0.1) is 0 Å². The predicted molar refractivity (Wildman–Crippen MR) is 58.7 cm³/mol. The van der Waals surface area contributed by atoms with Gasteiger partial charge in [0, 0.05) is 0 Å². The Hall–Kier alpha value is -1.86. The molecule has 0 aliphatic heterocycles. The largest absolute Gasteiger partial charge is 0.467 e. The summed E-state index contributed by atoms with van der Waals surface area (Å²) < 4.78 is 44.9. The summed E-state index contributed by atoms with van der Waals surface area (Å²) in [5.41, 5.74) is -0.0833. The number of hydrogen-bond donors (Lipinski definition) is 0. The fraction of sp³-hybridized carbons (Fsp3) is 0.545. The Labute approximate surface area is 107 Å². The molecule has 0 fully saturated rings. The van der Waals surface area contributed by atoms with E-state index in [0.717, 1.165) is 12.4 Å². The second kappa shape index (κ2) is 6.35. The topological polar surface area (TPSA) is 61.3 Å². The molecule has 0 aliphatic rings. The van der Waals surface area contributed by atoms with Gasteiger partial charge in [-0.05, 0) is 5.92 Å². The van der Waals surface area contributed by atoms with Crippen LogP contribution in [-0.4, -0.2) is 35.3 Å². The van der Waals surface area contributed by atoms with Gasteiger partial charge >= 0.3 is 12.1 Å². The quantitative estimate of drug-likeness (QED) is 0.773. The molecule has 0 N–H and O–H groups in total. The highest BCUT2D eigenvalue weighted by molar-refractivity contribution is 5.86. The van der Waals surface area contributed by atoms with Gasteiger partial charge in [-0.3, -0.25) is 0 Å². The number of aromatic nitrogens is 2. The number of carbonyl (C=O) groups is 1. The Kier molecular flexibility index (Phi) is 5.08. The second-order valence-electron chi connectivity index (χ2n) is 4.14. The summed E-state index contributed by atoms with van der Waals surface area (Å²) in [5, 5.41) is 0. The second-order valence-corrected chi connectivity index (χ2v) is 4.14. The minimum Gasteiger partial charge on any atom is -0.467 e. The van der Waals surface area contributed by atoms with E-state index < -0.39 is 18.8 Å². The number of carbonyl (C=O) groups excluding carboxylic acids is 1. The van der Waals surface area contributed by atoms with Gasteiger partial charge in [-0.25, -0.2) is 14.8 Å². The minimum atomic E-state index is -4.45. The van der Waals surface area contributed by atoms with Crippen molar-refractivity contribution < 1.29 is 27.4 Å². The van der Waals surface area contributed by atoms with Gasteiger partial charge in [0.05, 0.1) is 19.0 Å². The van der Waals surface area contributed by atoms with E-state index in [9.17, 15) is 18.0 Å². The lowest BCUT2D eigenvalue weighted by atomic mass is 10.2. The van der Waals surface area contributed by atoms with Crippen LogP contribution in [-0.2, 0) is 4.74 Å². The number of halogens is 3. The lowest BCUT2D eigenvalue weighted by molar-refractivity contribution is -0.154. The average molecular weight is 278 g/mol. The van der Waals surface area contributed by atoms with Crippen LogP contribution in [0.2, 0.25) is 0 Å². The molecule has 0 aliphatic carbocycles. The molecule has 106 valence electrons. The Morgan fingerprint density at radius 3 is 2.47 bits per heavy atom. The average Bonchev–Trinajstić information content (AvgIpc) is 2.33. The van der Waals surface area contributed by atoms with Gasteiger partial charge in [0.25, 0.3) is 0 Å². The van der Waals surface area contributed by atoms with Crippen molar-refractivity contribution in [2.45, 2.75) is 20.0 Å². The number of ether oxygens (including phenoxy) is 2. The lowest BCUT2D eigenvalue weighted by Gasteiger charge is -2.08. The van der Waals surface area contributed by atoms with Crippen molar-refractivity contribution in [1.82, 2.24) is 9.97 Å². The maximum atomic E-state index is 11.9. The highest BCUT2D eigenvalue weighted by Gasteiger charge is 2.28. The van der Waals surface area contributed by atoms with E-state index >= 15 is 0 Å². The van der Waals surface area contributed by atoms with E-state index in [1.807, 2.05) is 13.8 Å². The maximum Gasteiger partial charge on any atom is 0.422 e. The van der Waals surface area contributed by atoms with Crippen molar-refractivity contribution >= 4 is 5.97 Å². The SMILES string of the molecule is CC(C)COC(=O)c1cnc(OCC(F)(F)F)cn1. The number of nitrogens with zero attached hydrogens (tertiary/aromatic N) is 2.